The topological polar surface area (TPSA) is 38.0 Å². The van der Waals surface area contributed by atoms with Crippen LogP contribution >= 0.6 is 0 Å². The average molecular weight is 252 g/mol. The smallest absolute Gasteiger partial charge is 0.0316 e. The van der Waals surface area contributed by atoms with Gasteiger partial charge in [-0.15, -0.1) is 0 Å². The van der Waals surface area contributed by atoms with E-state index in [-0.39, 0.29) is 0 Å². The third kappa shape index (κ3) is 2.64. The second kappa shape index (κ2) is 5.45. The number of nitrogen functional groups attached to an aromatic ring is 1. The molecule has 1 fully saturated rings. The lowest BCUT2D eigenvalue weighted by atomic mass is 9.77. The lowest BCUT2D eigenvalue weighted by Gasteiger charge is -2.33. The van der Waals surface area contributed by atoms with Crippen molar-refractivity contribution in [3.8, 4) is 0 Å². The zero-order valence-corrected chi connectivity index (χ0v) is 11.0. The Morgan fingerprint density at radius 2 is 1.68 bits per heavy atom. The van der Waals surface area contributed by atoms with Crippen LogP contribution in [0, 0.1) is 0 Å². The van der Waals surface area contributed by atoms with Crippen LogP contribution < -0.4 is 11.1 Å². The van der Waals surface area contributed by atoms with E-state index in [0.29, 0.717) is 11.8 Å². The van der Waals surface area contributed by atoms with Gasteiger partial charge in [0.25, 0.3) is 0 Å². The van der Waals surface area contributed by atoms with Gasteiger partial charge >= 0.3 is 0 Å². The van der Waals surface area contributed by atoms with Gasteiger partial charge in [-0.25, -0.2) is 0 Å². The molecule has 1 aliphatic rings. The molecular formula is C17H20N2. The Morgan fingerprint density at radius 3 is 2.47 bits per heavy atom. The van der Waals surface area contributed by atoms with E-state index < -0.39 is 0 Å². The Morgan fingerprint density at radius 1 is 0.895 bits per heavy atom. The van der Waals surface area contributed by atoms with E-state index in [9.17, 15) is 0 Å². The number of hydrogen-bond acceptors (Lipinski definition) is 2. The largest absolute Gasteiger partial charge is 0.399 e. The second-order valence-corrected chi connectivity index (χ2v) is 5.29. The third-order valence-corrected chi connectivity index (χ3v) is 4.05. The van der Waals surface area contributed by atoms with Crippen molar-refractivity contribution in [3.63, 3.8) is 0 Å². The Bertz CT molecular complexity index is 536. The Kier molecular flexibility index (Phi) is 3.51. The quantitative estimate of drug-likeness (QED) is 0.806. The molecule has 2 heteroatoms. The lowest BCUT2D eigenvalue weighted by Crippen LogP contribution is -2.34. The predicted octanol–water partition coefficient (Wildman–Crippen LogP) is 3.13. The first-order valence-corrected chi connectivity index (χ1v) is 6.96. The third-order valence-electron chi connectivity index (χ3n) is 4.05. The van der Waals surface area contributed by atoms with Gasteiger partial charge in [0.15, 0.2) is 0 Å². The molecule has 0 radical (unpaired) electrons. The molecule has 3 rings (SSSR count). The van der Waals surface area contributed by atoms with E-state index in [1.54, 1.807) is 0 Å². The maximum absolute atomic E-state index is 5.93. The molecule has 0 unspecified atom stereocenters. The van der Waals surface area contributed by atoms with Crippen LogP contribution in [-0.2, 0) is 0 Å². The molecule has 0 bridgehead atoms. The van der Waals surface area contributed by atoms with Crippen molar-refractivity contribution in [2.75, 3.05) is 18.8 Å². The summed E-state index contributed by atoms with van der Waals surface area (Å²) in [6.45, 7) is 2.13. The molecule has 0 aromatic heterocycles. The van der Waals surface area contributed by atoms with Crippen LogP contribution in [0.25, 0.3) is 0 Å². The number of hydrogen-bond donors (Lipinski definition) is 2. The molecule has 98 valence electrons. The molecule has 1 aliphatic heterocycles. The van der Waals surface area contributed by atoms with Gasteiger partial charge in [0.05, 0.1) is 0 Å². The number of piperidine rings is 1. The second-order valence-electron chi connectivity index (χ2n) is 5.29. The number of anilines is 1. The highest BCUT2D eigenvalue weighted by Gasteiger charge is 2.27. The highest BCUT2D eigenvalue weighted by atomic mass is 14.9. The van der Waals surface area contributed by atoms with Crippen molar-refractivity contribution in [3.05, 3.63) is 65.7 Å². The zero-order chi connectivity index (χ0) is 13.1. The zero-order valence-electron chi connectivity index (χ0n) is 11.0. The molecule has 2 aromatic rings. The van der Waals surface area contributed by atoms with E-state index in [1.165, 1.54) is 17.5 Å². The molecule has 1 heterocycles. The van der Waals surface area contributed by atoms with Gasteiger partial charge in [-0.1, -0.05) is 42.5 Å². The molecular weight excluding hydrogens is 232 g/mol. The molecule has 1 saturated heterocycles. The molecule has 19 heavy (non-hydrogen) atoms. The first kappa shape index (κ1) is 12.2. The molecule has 2 aromatic carbocycles. The van der Waals surface area contributed by atoms with Gasteiger partial charge in [-0.05, 0) is 42.1 Å². The summed E-state index contributed by atoms with van der Waals surface area (Å²) in [6.07, 6.45) is 1.17. The fourth-order valence-corrected chi connectivity index (χ4v) is 3.10. The van der Waals surface area contributed by atoms with Crippen molar-refractivity contribution in [2.24, 2.45) is 0 Å². The number of rotatable bonds is 2. The van der Waals surface area contributed by atoms with Crippen LogP contribution in [0.15, 0.2) is 54.6 Å². The van der Waals surface area contributed by atoms with Gasteiger partial charge in [0, 0.05) is 18.2 Å². The summed E-state index contributed by atoms with van der Waals surface area (Å²) in [4.78, 5) is 0. The first-order chi connectivity index (χ1) is 9.34. The van der Waals surface area contributed by atoms with Crippen LogP contribution in [-0.4, -0.2) is 13.1 Å². The molecule has 2 atom stereocenters. The van der Waals surface area contributed by atoms with Crippen LogP contribution in [0.3, 0.4) is 0 Å². The Hall–Kier alpha value is -1.80. The number of benzene rings is 2. The molecule has 3 N–H and O–H groups in total. The fourth-order valence-electron chi connectivity index (χ4n) is 3.10. The molecule has 2 nitrogen and oxygen atoms in total. The standard InChI is InChI=1S/C17H20N2/c18-15-8-4-7-14(11-15)16-9-10-19-12-17(16)13-5-2-1-3-6-13/h1-8,11,16-17,19H,9-10,12,18H2/t16-,17+/m0/s1. The maximum Gasteiger partial charge on any atom is 0.0316 e. The number of nitrogens with one attached hydrogen (secondary N) is 1. The number of nitrogens with two attached hydrogens (primary N) is 1. The van der Waals surface area contributed by atoms with Crippen molar-refractivity contribution >= 4 is 5.69 Å². The van der Waals surface area contributed by atoms with E-state index in [0.717, 1.165) is 18.8 Å². The van der Waals surface area contributed by atoms with Gasteiger partial charge in [0.2, 0.25) is 0 Å². The summed E-state index contributed by atoms with van der Waals surface area (Å²) in [5.74, 6) is 1.10. The van der Waals surface area contributed by atoms with Gasteiger partial charge < -0.3 is 11.1 Å². The van der Waals surface area contributed by atoms with E-state index in [2.05, 4.69) is 53.8 Å². The average Bonchev–Trinajstić information content (AvgIpc) is 2.48. The summed E-state index contributed by atoms with van der Waals surface area (Å²) in [6, 6.07) is 19.2. The van der Waals surface area contributed by atoms with E-state index in [1.807, 2.05) is 6.07 Å². The fraction of sp³-hybridized carbons (Fsp3) is 0.294. The first-order valence-electron chi connectivity index (χ1n) is 6.96. The van der Waals surface area contributed by atoms with Gasteiger partial charge in [0.1, 0.15) is 0 Å². The van der Waals surface area contributed by atoms with Crippen LogP contribution in [0.4, 0.5) is 5.69 Å². The minimum absolute atomic E-state index is 0.539. The summed E-state index contributed by atoms with van der Waals surface area (Å²) >= 11 is 0. The van der Waals surface area contributed by atoms with Crippen LogP contribution in [0.2, 0.25) is 0 Å². The molecule has 0 aliphatic carbocycles. The van der Waals surface area contributed by atoms with Crippen LogP contribution in [0.5, 0.6) is 0 Å². The SMILES string of the molecule is Nc1cccc([C@@H]2CCNC[C@@H]2c2ccccc2)c1. The van der Waals surface area contributed by atoms with Crippen molar-refractivity contribution in [2.45, 2.75) is 18.3 Å². The molecule has 0 spiro atoms. The highest BCUT2D eigenvalue weighted by molar-refractivity contribution is 5.43. The van der Waals surface area contributed by atoms with E-state index >= 15 is 0 Å². The predicted molar refractivity (Wildman–Crippen MR) is 80.3 cm³/mol. The lowest BCUT2D eigenvalue weighted by molar-refractivity contribution is 0.404. The summed E-state index contributed by atoms with van der Waals surface area (Å²) in [7, 11) is 0. The Balaban J connectivity index is 1.93. The minimum atomic E-state index is 0.539. The van der Waals surface area contributed by atoms with Gasteiger partial charge in [-0.2, -0.15) is 0 Å². The van der Waals surface area contributed by atoms with E-state index in [4.69, 9.17) is 5.73 Å². The Labute approximate surface area is 114 Å². The summed E-state index contributed by atoms with van der Waals surface area (Å²) < 4.78 is 0. The van der Waals surface area contributed by atoms with Gasteiger partial charge in [-0.3, -0.25) is 0 Å². The molecule has 0 saturated carbocycles. The normalized spacial score (nSPS) is 23.2. The van der Waals surface area contributed by atoms with Crippen molar-refractivity contribution in [1.82, 2.24) is 5.32 Å². The summed E-state index contributed by atoms with van der Waals surface area (Å²) in [5.41, 5.74) is 9.59. The molecule has 0 amide bonds. The summed E-state index contributed by atoms with van der Waals surface area (Å²) in [5, 5.41) is 3.52. The minimum Gasteiger partial charge on any atom is -0.399 e. The van der Waals surface area contributed by atoms with Crippen molar-refractivity contribution in [1.29, 1.82) is 0 Å². The highest BCUT2D eigenvalue weighted by Crippen LogP contribution is 2.37. The van der Waals surface area contributed by atoms with Crippen molar-refractivity contribution < 1.29 is 0 Å². The van der Waals surface area contributed by atoms with Crippen LogP contribution in [0.1, 0.15) is 29.4 Å². The maximum atomic E-state index is 5.93. The monoisotopic (exact) mass is 252 g/mol.